The van der Waals surface area contributed by atoms with Crippen molar-refractivity contribution >= 4 is 124 Å². The number of hydrogen-bond donors (Lipinski definition) is 0. The molecule has 386 valence electrons. The van der Waals surface area contributed by atoms with Gasteiger partial charge in [-0.25, -0.2) is 0 Å². The Labute approximate surface area is 487 Å². The first-order valence-corrected chi connectivity index (χ1v) is 29.3. The van der Waals surface area contributed by atoms with Gasteiger partial charge in [-0.1, -0.05) is 231 Å². The van der Waals surface area contributed by atoms with Crippen LogP contribution in [0.4, 0.5) is 34.1 Å². The first-order chi connectivity index (χ1) is 41.7. The van der Waals surface area contributed by atoms with Gasteiger partial charge < -0.3 is 18.9 Å². The lowest BCUT2D eigenvalue weighted by Crippen LogP contribution is -2.67. The lowest BCUT2D eigenvalue weighted by atomic mass is 9.29. The van der Waals surface area contributed by atoms with Gasteiger partial charge in [-0.3, -0.25) is 0 Å². The second kappa shape index (κ2) is 17.4. The highest BCUT2D eigenvalue weighted by Crippen LogP contribution is 2.50. The normalized spacial score (nSPS) is 13.1. The van der Waals surface area contributed by atoms with Crippen molar-refractivity contribution in [2.45, 2.75) is 0 Å². The molecule has 19 rings (SSSR count). The van der Waals surface area contributed by atoms with Gasteiger partial charge in [-0.15, -0.1) is 0 Å². The van der Waals surface area contributed by atoms with E-state index >= 15 is 0 Å². The van der Waals surface area contributed by atoms with Crippen LogP contribution in [-0.4, -0.2) is 22.6 Å². The number of nitrogens with zero attached hydrogens (tertiary/aromatic N) is 4. The summed E-state index contributed by atoms with van der Waals surface area (Å²) in [6, 6.07) is 109. The Kier molecular flexibility index (Phi) is 9.48. The highest BCUT2D eigenvalue weighted by molar-refractivity contribution is 7.04. The third-order valence-corrected chi connectivity index (χ3v) is 18.8. The Hall–Kier alpha value is -10.8. The van der Waals surface area contributed by atoms with Crippen LogP contribution in [0.1, 0.15) is 0 Å². The minimum atomic E-state index is -0.126. The summed E-state index contributed by atoms with van der Waals surface area (Å²) in [5.41, 5.74) is 32.1. The number of benzene rings is 13. The van der Waals surface area contributed by atoms with Gasteiger partial charge in [-0.05, 0) is 138 Å². The number of para-hydroxylation sites is 3. The second-order valence-corrected chi connectivity index (χ2v) is 23.1. The van der Waals surface area contributed by atoms with Crippen LogP contribution in [0.25, 0.3) is 99.5 Å². The van der Waals surface area contributed by atoms with E-state index in [0.29, 0.717) is 0 Å². The van der Waals surface area contributed by atoms with Crippen LogP contribution < -0.4 is 42.6 Å². The van der Waals surface area contributed by atoms with E-state index in [1.54, 1.807) is 0 Å². The average molecular weight is 1060 g/mol. The van der Waals surface area contributed by atoms with Crippen molar-refractivity contribution in [2.75, 3.05) is 9.80 Å². The summed E-state index contributed by atoms with van der Waals surface area (Å²) in [6.45, 7) is -0.216. The Bertz CT molecular complexity index is 5230. The standard InChI is InChI=1S/C78H48B2N4/c1-6-19-49(20-7-1)53-33-39-58(40-34-53)81-68-43-37-55(51-23-10-3-11-24-51)45-64(68)79-63-31-18-30-61-72-76-62(60-29-16-17-32-67(60)83(76)57-27-14-5-15-28-57)47-66-77(72)84(75(61)63)78-73(79)70(81)48-71-74(78)80(66)65-46-56(52-25-12-4-13-26-52)38-44-69(65)82(71)59-41-35-54(36-42-59)50-21-8-2-9-22-50/h1-48H. The molecule has 0 atom stereocenters. The highest BCUT2D eigenvalue weighted by Gasteiger charge is 2.51. The van der Waals surface area contributed by atoms with E-state index in [0.717, 1.165) is 17.1 Å². The van der Waals surface area contributed by atoms with Crippen LogP contribution in [0.2, 0.25) is 0 Å². The summed E-state index contributed by atoms with van der Waals surface area (Å²) in [7, 11) is 0. The van der Waals surface area contributed by atoms with Crippen molar-refractivity contribution in [2.24, 2.45) is 0 Å². The maximum absolute atomic E-state index is 2.76. The van der Waals surface area contributed by atoms with Crippen molar-refractivity contribution in [1.82, 2.24) is 9.13 Å². The molecular formula is C78H48B2N4. The van der Waals surface area contributed by atoms with E-state index in [2.05, 4.69) is 310 Å². The van der Waals surface area contributed by atoms with E-state index in [1.165, 1.54) is 149 Å². The second-order valence-electron chi connectivity index (χ2n) is 23.1. The van der Waals surface area contributed by atoms with Gasteiger partial charge in [0.15, 0.2) is 0 Å². The Morgan fingerprint density at radius 2 is 0.679 bits per heavy atom. The van der Waals surface area contributed by atoms with E-state index in [9.17, 15) is 0 Å². The van der Waals surface area contributed by atoms with Gasteiger partial charge in [0.2, 0.25) is 0 Å². The quantitative estimate of drug-likeness (QED) is 0.148. The summed E-state index contributed by atoms with van der Waals surface area (Å²) < 4.78 is 5.31. The third-order valence-electron chi connectivity index (χ3n) is 18.8. The van der Waals surface area contributed by atoms with Crippen molar-refractivity contribution in [1.29, 1.82) is 0 Å². The molecule has 84 heavy (non-hydrogen) atoms. The molecule has 13 aromatic carbocycles. The Morgan fingerprint density at radius 1 is 0.238 bits per heavy atom. The molecule has 4 aliphatic rings. The minimum absolute atomic E-state index is 0.0901. The zero-order chi connectivity index (χ0) is 54.7. The monoisotopic (exact) mass is 1060 g/mol. The molecule has 0 aliphatic carbocycles. The molecule has 2 aromatic heterocycles. The molecule has 0 saturated heterocycles. The van der Waals surface area contributed by atoms with Gasteiger partial charge in [0.1, 0.15) is 0 Å². The maximum atomic E-state index is 2.76. The molecule has 0 amide bonds. The van der Waals surface area contributed by atoms with E-state index < -0.39 is 0 Å². The van der Waals surface area contributed by atoms with Crippen LogP contribution in [0.5, 0.6) is 0 Å². The summed E-state index contributed by atoms with van der Waals surface area (Å²) in [4.78, 5) is 5.20. The SMILES string of the molecule is c1ccc(-c2ccc(N3c4ccc(-c5ccccc5)cc4B4c5c3cc3c6c5-n5c7c4cccc7c4c5c(cc5c7ccccc7n(-c7ccccc7)c54)B6c4cc(-c5ccccc5)ccc4N3c3ccc(-c4ccccc4)cc3)cc2)cc1. The topological polar surface area (TPSA) is 16.3 Å². The fourth-order valence-electron chi connectivity index (χ4n) is 15.4. The predicted molar refractivity (Wildman–Crippen MR) is 356 cm³/mol. The third kappa shape index (κ3) is 6.29. The molecule has 15 aromatic rings. The van der Waals surface area contributed by atoms with E-state index in [4.69, 9.17) is 0 Å². The molecule has 0 fully saturated rings. The number of hydrogen-bond acceptors (Lipinski definition) is 2. The van der Waals surface area contributed by atoms with E-state index in [-0.39, 0.29) is 13.4 Å². The van der Waals surface area contributed by atoms with Crippen LogP contribution in [0.3, 0.4) is 0 Å². The molecule has 0 radical (unpaired) electrons. The number of rotatable bonds is 7. The summed E-state index contributed by atoms with van der Waals surface area (Å²) in [6.07, 6.45) is 0. The van der Waals surface area contributed by atoms with E-state index in [1.807, 2.05) is 0 Å². The van der Waals surface area contributed by atoms with Crippen LogP contribution in [0.15, 0.2) is 291 Å². The molecule has 0 N–H and O–H groups in total. The van der Waals surface area contributed by atoms with Crippen molar-refractivity contribution in [3.63, 3.8) is 0 Å². The number of anilines is 6. The minimum Gasteiger partial charge on any atom is -0.311 e. The zero-order valence-corrected chi connectivity index (χ0v) is 45.7. The first-order valence-electron chi connectivity index (χ1n) is 29.3. The molecular weight excluding hydrogens is 1010 g/mol. The molecule has 0 saturated carbocycles. The number of fused-ring (bicyclic) bond motifs is 11. The van der Waals surface area contributed by atoms with Crippen LogP contribution in [0, 0.1) is 0 Å². The molecule has 4 aliphatic heterocycles. The van der Waals surface area contributed by atoms with Gasteiger partial charge >= 0.3 is 0 Å². The van der Waals surface area contributed by atoms with Crippen LogP contribution in [-0.2, 0) is 0 Å². The Morgan fingerprint density at radius 3 is 1.21 bits per heavy atom. The van der Waals surface area contributed by atoms with Gasteiger partial charge in [-0.2, -0.15) is 0 Å². The van der Waals surface area contributed by atoms with Crippen molar-refractivity contribution in [3.05, 3.63) is 291 Å². The molecule has 6 heterocycles. The van der Waals surface area contributed by atoms with Gasteiger partial charge in [0.25, 0.3) is 13.4 Å². The molecule has 0 bridgehead atoms. The first kappa shape index (κ1) is 45.9. The lowest BCUT2D eigenvalue weighted by molar-refractivity contribution is 1.17. The van der Waals surface area contributed by atoms with Crippen molar-refractivity contribution in [3.8, 4) is 55.9 Å². The zero-order valence-electron chi connectivity index (χ0n) is 45.7. The Balaban J connectivity index is 0.993. The predicted octanol–water partition coefficient (Wildman–Crippen LogP) is 15.8. The molecule has 0 unspecified atom stereocenters. The van der Waals surface area contributed by atoms with Gasteiger partial charge in [0.05, 0.1) is 16.6 Å². The highest BCUT2D eigenvalue weighted by atomic mass is 15.2. The fraction of sp³-hybridized carbons (Fsp3) is 0. The largest absolute Gasteiger partial charge is 0.311 e. The van der Waals surface area contributed by atoms with Crippen molar-refractivity contribution < 1.29 is 0 Å². The average Bonchev–Trinajstić information content (AvgIpc) is 1.36. The summed E-state index contributed by atoms with van der Waals surface area (Å²) in [5.74, 6) is 0. The smallest absolute Gasteiger partial charge is 0.252 e. The molecule has 4 nitrogen and oxygen atoms in total. The molecule has 0 spiro atoms. The number of aromatic nitrogens is 2. The van der Waals surface area contributed by atoms with Crippen LogP contribution >= 0.6 is 0 Å². The lowest BCUT2D eigenvalue weighted by Gasteiger charge is -2.47. The fourth-order valence-corrected chi connectivity index (χ4v) is 15.4. The summed E-state index contributed by atoms with van der Waals surface area (Å²) >= 11 is 0. The maximum Gasteiger partial charge on any atom is 0.252 e. The summed E-state index contributed by atoms with van der Waals surface area (Å²) in [5, 5.41) is 5.11. The van der Waals surface area contributed by atoms with Gasteiger partial charge in [0, 0.05) is 72.6 Å². The molecule has 6 heteroatoms.